The van der Waals surface area contributed by atoms with Crippen molar-refractivity contribution < 1.29 is 4.79 Å². The molecule has 0 bridgehead atoms. The summed E-state index contributed by atoms with van der Waals surface area (Å²) in [6.45, 7) is 4.16. The Morgan fingerprint density at radius 1 is 1.36 bits per heavy atom. The molecule has 0 heterocycles. The van der Waals surface area contributed by atoms with Crippen LogP contribution >= 0.6 is 0 Å². The second-order valence-corrected chi connectivity index (χ2v) is 3.19. The number of hydrogen-bond acceptors (Lipinski definition) is 1. The van der Waals surface area contributed by atoms with Gasteiger partial charge in [-0.3, -0.25) is 0 Å². The number of urea groups is 1. The number of carbonyl (C=O) groups excluding carboxylic acids is 1. The topological polar surface area (TPSA) is 55.1 Å². The highest BCUT2D eigenvalue weighted by Crippen LogP contribution is 2.18. The van der Waals surface area contributed by atoms with Crippen LogP contribution in [0.15, 0.2) is 18.2 Å². The summed E-state index contributed by atoms with van der Waals surface area (Å²) in [6, 6.07) is 5.50. The number of aryl methyl sites for hydroxylation is 2. The van der Waals surface area contributed by atoms with Gasteiger partial charge in [-0.05, 0) is 30.0 Å². The van der Waals surface area contributed by atoms with Gasteiger partial charge >= 0.3 is 6.03 Å². The first-order chi connectivity index (χ1) is 6.67. The molecule has 1 aromatic rings. The summed E-state index contributed by atoms with van der Waals surface area (Å²) in [5.41, 5.74) is 8.29. The van der Waals surface area contributed by atoms with Crippen molar-refractivity contribution in [1.29, 1.82) is 0 Å². The monoisotopic (exact) mass is 192 g/mol. The van der Waals surface area contributed by atoms with Crippen molar-refractivity contribution >= 4 is 11.7 Å². The van der Waals surface area contributed by atoms with Crippen molar-refractivity contribution in [1.82, 2.24) is 0 Å². The molecule has 0 aromatic heterocycles. The Kier molecular flexibility index (Phi) is 3.51. The number of carbonyl (C=O) groups is 1. The first-order valence-corrected chi connectivity index (χ1v) is 4.85. The number of anilines is 1. The van der Waals surface area contributed by atoms with Gasteiger partial charge in [0.05, 0.1) is 0 Å². The van der Waals surface area contributed by atoms with E-state index in [2.05, 4.69) is 25.2 Å². The van der Waals surface area contributed by atoms with Crippen LogP contribution < -0.4 is 11.1 Å². The Balaban J connectivity index is 2.98. The number of benzene rings is 1. The number of nitrogens with one attached hydrogen (secondary N) is 1. The third-order valence-corrected chi connectivity index (χ3v) is 2.22. The summed E-state index contributed by atoms with van der Waals surface area (Å²) in [5, 5.41) is 2.61. The lowest BCUT2D eigenvalue weighted by Gasteiger charge is -2.09. The molecule has 0 aliphatic rings. The molecule has 0 spiro atoms. The lowest BCUT2D eigenvalue weighted by atomic mass is 10.0. The van der Waals surface area contributed by atoms with E-state index in [4.69, 9.17) is 5.73 Å². The lowest BCUT2D eigenvalue weighted by Crippen LogP contribution is -2.20. The Labute approximate surface area is 84.3 Å². The van der Waals surface area contributed by atoms with Crippen LogP contribution in [0.3, 0.4) is 0 Å². The maximum absolute atomic E-state index is 10.7. The fourth-order valence-corrected chi connectivity index (χ4v) is 1.41. The van der Waals surface area contributed by atoms with Crippen LogP contribution in [0.1, 0.15) is 25.0 Å². The van der Waals surface area contributed by atoms with E-state index in [9.17, 15) is 4.79 Å². The first kappa shape index (κ1) is 10.6. The molecule has 0 aliphatic carbocycles. The molecule has 0 radical (unpaired) electrons. The number of rotatable bonds is 3. The zero-order valence-corrected chi connectivity index (χ0v) is 8.63. The van der Waals surface area contributed by atoms with Gasteiger partial charge in [0.2, 0.25) is 0 Å². The molecular formula is C11H16N2O. The molecule has 0 atom stereocenters. The highest BCUT2D eigenvalue weighted by atomic mass is 16.2. The van der Waals surface area contributed by atoms with E-state index < -0.39 is 6.03 Å². The van der Waals surface area contributed by atoms with Gasteiger partial charge in [0.1, 0.15) is 0 Å². The van der Waals surface area contributed by atoms with E-state index in [1.807, 2.05) is 12.1 Å². The SMILES string of the molecule is CCc1ccc(NC(N)=O)c(CC)c1. The van der Waals surface area contributed by atoms with Crippen molar-refractivity contribution in [2.75, 3.05) is 5.32 Å². The van der Waals surface area contributed by atoms with Gasteiger partial charge in [-0.2, -0.15) is 0 Å². The largest absolute Gasteiger partial charge is 0.351 e. The average Bonchev–Trinajstić information content (AvgIpc) is 2.17. The smallest absolute Gasteiger partial charge is 0.316 e. The van der Waals surface area contributed by atoms with E-state index in [-0.39, 0.29) is 0 Å². The van der Waals surface area contributed by atoms with Crippen molar-refractivity contribution in [3.63, 3.8) is 0 Å². The van der Waals surface area contributed by atoms with Crippen molar-refractivity contribution in [3.05, 3.63) is 29.3 Å². The molecule has 0 saturated carbocycles. The number of hydrogen-bond donors (Lipinski definition) is 2. The number of amides is 2. The number of nitrogens with two attached hydrogens (primary N) is 1. The minimum Gasteiger partial charge on any atom is -0.351 e. The third kappa shape index (κ3) is 2.49. The molecule has 0 saturated heterocycles. The minimum atomic E-state index is -0.510. The zero-order chi connectivity index (χ0) is 10.6. The summed E-state index contributed by atoms with van der Waals surface area (Å²) in [4.78, 5) is 10.7. The Morgan fingerprint density at radius 3 is 2.57 bits per heavy atom. The van der Waals surface area contributed by atoms with Crippen LogP contribution in [-0.4, -0.2) is 6.03 Å². The van der Waals surface area contributed by atoms with E-state index in [1.165, 1.54) is 5.56 Å². The van der Waals surface area contributed by atoms with Gasteiger partial charge in [-0.15, -0.1) is 0 Å². The molecule has 1 rings (SSSR count). The minimum absolute atomic E-state index is 0.510. The second-order valence-electron chi connectivity index (χ2n) is 3.19. The van der Waals surface area contributed by atoms with E-state index in [1.54, 1.807) is 0 Å². The maximum Gasteiger partial charge on any atom is 0.316 e. The van der Waals surface area contributed by atoms with Gasteiger partial charge in [0.25, 0.3) is 0 Å². The van der Waals surface area contributed by atoms with Crippen LogP contribution in [-0.2, 0) is 12.8 Å². The molecular weight excluding hydrogens is 176 g/mol. The van der Waals surface area contributed by atoms with Crippen LogP contribution in [0.2, 0.25) is 0 Å². The van der Waals surface area contributed by atoms with E-state index >= 15 is 0 Å². The zero-order valence-electron chi connectivity index (χ0n) is 8.63. The maximum atomic E-state index is 10.7. The summed E-state index contributed by atoms with van der Waals surface area (Å²) in [7, 11) is 0. The highest BCUT2D eigenvalue weighted by molar-refractivity contribution is 5.88. The molecule has 0 aliphatic heterocycles. The van der Waals surface area contributed by atoms with Gasteiger partial charge < -0.3 is 11.1 Å². The standard InChI is InChI=1S/C11H16N2O/c1-3-8-5-6-10(13-11(12)14)9(4-2)7-8/h5-7H,3-4H2,1-2H3,(H3,12,13,14). The second kappa shape index (κ2) is 4.65. The van der Waals surface area contributed by atoms with Crippen molar-refractivity contribution in [2.45, 2.75) is 26.7 Å². The molecule has 2 amide bonds. The molecule has 0 unspecified atom stereocenters. The highest BCUT2D eigenvalue weighted by Gasteiger charge is 2.03. The van der Waals surface area contributed by atoms with Gasteiger partial charge in [0.15, 0.2) is 0 Å². The fourth-order valence-electron chi connectivity index (χ4n) is 1.41. The van der Waals surface area contributed by atoms with Crippen molar-refractivity contribution in [2.24, 2.45) is 5.73 Å². The Hall–Kier alpha value is -1.51. The molecule has 3 heteroatoms. The fraction of sp³-hybridized carbons (Fsp3) is 0.364. The van der Waals surface area contributed by atoms with Gasteiger partial charge in [-0.25, -0.2) is 4.79 Å². The molecule has 3 nitrogen and oxygen atoms in total. The average molecular weight is 192 g/mol. The van der Waals surface area contributed by atoms with Crippen LogP contribution in [0, 0.1) is 0 Å². The molecule has 0 fully saturated rings. The number of primary amides is 1. The lowest BCUT2D eigenvalue weighted by molar-refractivity contribution is 0.259. The summed E-state index contributed by atoms with van der Waals surface area (Å²) in [5.74, 6) is 0. The normalized spacial score (nSPS) is 9.86. The van der Waals surface area contributed by atoms with Gasteiger partial charge in [0, 0.05) is 5.69 Å². The predicted molar refractivity (Wildman–Crippen MR) is 58.4 cm³/mol. The molecule has 14 heavy (non-hydrogen) atoms. The molecule has 1 aromatic carbocycles. The Morgan fingerprint density at radius 2 is 2.07 bits per heavy atom. The predicted octanol–water partition coefficient (Wildman–Crippen LogP) is 2.30. The van der Waals surface area contributed by atoms with Crippen LogP contribution in [0.4, 0.5) is 10.5 Å². The molecule has 3 N–H and O–H groups in total. The summed E-state index contributed by atoms with van der Waals surface area (Å²) >= 11 is 0. The quantitative estimate of drug-likeness (QED) is 0.758. The Bertz CT molecular complexity index is 334. The summed E-state index contributed by atoms with van der Waals surface area (Å²) in [6.07, 6.45) is 1.90. The van der Waals surface area contributed by atoms with Crippen LogP contribution in [0.5, 0.6) is 0 Å². The van der Waals surface area contributed by atoms with E-state index in [0.29, 0.717) is 0 Å². The molecule has 76 valence electrons. The third-order valence-electron chi connectivity index (χ3n) is 2.22. The van der Waals surface area contributed by atoms with Crippen molar-refractivity contribution in [3.8, 4) is 0 Å². The summed E-state index contributed by atoms with van der Waals surface area (Å²) < 4.78 is 0. The van der Waals surface area contributed by atoms with Crippen LogP contribution in [0.25, 0.3) is 0 Å². The van der Waals surface area contributed by atoms with E-state index in [0.717, 1.165) is 24.1 Å². The van der Waals surface area contributed by atoms with Gasteiger partial charge in [-0.1, -0.05) is 26.0 Å². The first-order valence-electron chi connectivity index (χ1n) is 4.85.